The van der Waals surface area contributed by atoms with Crippen LogP contribution in [0, 0.1) is 0 Å². The maximum Gasteiger partial charge on any atom is 0.447 e. The zero-order valence-corrected chi connectivity index (χ0v) is 12.1. The lowest BCUT2D eigenvalue weighted by Gasteiger charge is -2.15. The van der Waals surface area contributed by atoms with Gasteiger partial charge in [-0.25, -0.2) is 14.2 Å². The molecule has 0 unspecified atom stereocenters. The lowest BCUT2D eigenvalue weighted by molar-refractivity contribution is -0.481. The van der Waals surface area contributed by atoms with Crippen LogP contribution in [0.1, 0.15) is 5.56 Å². The Morgan fingerprint density at radius 1 is 1.30 bits per heavy atom. The van der Waals surface area contributed by atoms with Crippen LogP contribution in [0.15, 0.2) is 42.7 Å². The summed E-state index contributed by atoms with van der Waals surface area (Å²) in [6.45, 7) is 1.12. The monoisotopic (exact) mass is 274 g/mol. The van der Waals surface area contributed by atoms with Gasteiger partial charge in [0.05, 0.1) is 27.3 Å². The molecule has 1 heterocycles. The van der Waals surface area contributed by atoms with Gasteiger partial charge < -0.3 is 4.74 Å². The van der Waals surface area contributed by atoms with Gasteiger partial charge in [0.15, 0.2) is 6.67 Å². The van der Waals surface area contributed by atoms with Crippen molar-refractivity contribution in [2.45, 2.75) is 13.3 Å². The highest BCUT2D eigenvalue weighted by molar-refractivity contribution is 5.67. The normalized spacial score (nSPS) is 10.2. The van der Waals surface area contributed by atoms with Crippen LogP contribution < -0.4 is 0 Å². The summed E-state index contributed by atoms with van der Waals surface area (Å²) in [4.78, 5) is 1.98. The summed E-state index contributed by atoms with van der Waals surface area (Å²) in [6.07, 6.45) is 3.48. The summed E-state index contributed by atoms with van der Waals surface area (Å²) >= 11 is 0. The second kappa shape index (κ2) is 6.70. The lowest BCUT2D eigenvalue weighted by atomic mass is 10.2. The molecule has 6 nitrogen and oxygen atoms in total. The highest BCUT2D eigenvalue weighted by Crippen LogP contribution is 2.03. The van der Waals surface area contributed by atoms with Crippen LogP contribution in [0.5, 0.6) is 0 Å². The molecule has 0 bridgehead atoms. The van der Waals surface area contributed by atoms with Crippen molar-refractivity contribution >= 4 is 6.02 Å². The molecule has 0 radical (unpaired) electrons. The van der Waals surface area contributed by atoms with Gasteiger partial charge >= 0.3 is 6.02 Å². The van der Waals surface area contributed by atoms with Gasteiger partial charge in [0.2, 0.25) is 0 Å². The Labute approximate surface area is 118 Å². The van der Waals surface area contributed by atoms with Crippen molar-refractivity contribution in [3.63, 3.8) is 0 Å². The van der Waals surface area contributed by atoms with E-state index in [2.05, 4.69) is 10.3 Å². The average molecular weight is 274 g/mol. The predicted octanol–water partition coefficient (Wildman–Crippen LogP) is 1.01. The number of ether oxygens (including phenoxy) is 1. The van der Waals surface area contributed by atoms with Crippen molar-refractivity contribution in [1.29, 1.82) is 0 Å². The Hall–Kier alpha value is -2.37. The Kier molecular flexibility index (Phi) is 4.70. The summed E-state index contributed by atoms with van der Waals surface area (Å²) in [5.41, 5.74) is 1.14. The number of amidine groups is 1. The molecule has 6 heteroatoms. The molecule has 0 spiro atoms. The van der Waals surface area contributed by atoms with E-state index < -0.39 is 0 Å². The quantitative estimate of drug-likeness (QED) is 0.474. The molecular formula is C14H20N5O+. The Morgan fingerprint density at radius 3 is 2.65 bits per heavy atom. The van der Waals surface area contributed by atoms with E-state index in [9.17, 15) is 0 Å². The molecule has 0 aliphatic rings. The van der Waals surface area contributed by atoms with Crippen LogP contribution in [0.25, 0.3) is 0 Å². The molecule has 0 saturated heterocycles. The summed E-state index contributed by atoms with van der Waals surface area (Å²) < 4.78 is 9.60. The van der Waals surface area contributed by atoms with E-state index in [0.717, 1.165) is 11.6 Å². The van der Waals surface area contributed by atoms with Crippen LogP contribution in [-0.4, -0.2) is 51.6 Å². The number of benzene rings is 1. The van der Waals surface area contributed by atoms with Crippen molar-refractivity contribution in [3.05, 3.63) is 48.3 Å². The van der Waals surface area contributed by atoms with Gasteiger partial charge in [-0.2, -0.15) is 0 Å². The highest BCUT2D eigenvalue weighted by Gasteiger charge is 2.18. The van der Waals surface area contributed by atoms with Gasteiger partial charge in [0, 0.05) is 6.20 Å². The second-order valence-corrected chi connectivity index (χ2v) is 4.73. The Morgan fingerprint density at radius 2 is 2.05 bits per heavy atom. The second-order valence-electron chi connectivity index (χ2n) is 4.73. The van der Waals surface area contributed by atoms with Gasteiger partial charge in [-0.3, -0.25) is 0 Å². The molecule has 20 heavy (non-hydrogen) atoms. The van der Waals surface area contributed by atoms with E-state index in [1.165, 1.54) is 0 Å². The molecule has 0 fully saturated rings. The van der Waals surface area contributed by atoms with E-state index in [4.69, 9.17) is 4.74 Å². The fourth-order valence-electron chi connectivity index (χ4n) is 1.89. The first-order valence-electron chi connectivity index (χ1n) is 6.43. The topological polar surface area (TPSA) is 46.2 Å². The Bertz CT molecular complexity index is 546. The first-order valence-corrected chi connectivity index (χ1v) is 6.43. The van der Waals surface area contributed by atoms with Crippen molar-refractivity contribution in [1.82, 2.24) is 19.9 Å². The summed E-state index contributed by atoms with van der Waals surface area (Å²) in [5.74, 6) is 0. The smallest absolute Gasteiger partial charge is 0.427 e. The maximum atomic E-state index is 5.91. The summed E-state index contributed by atoms with van der Waals surface area (Å²) in [5, 5.41) is 7.75. The van der Waals surface area contributed by atoms with E-state index in [-0.39, 0.29) is 0 Å². The minimum atomic E-state index is 0.538. The molecule has 106 valence electrons. The van der Waals surface area contributed by atoms with Crippen LogP contribution in [0.2, 0.25) is 0 Å². The number of hydrogen-bond acceptors (Lipinski definition) is 3. The third kappa shape index (κ3) is 3.81. The van der Waals surface area contributed by atoms with Gasteiger partial charge in [-0.1, -0.05) is 35.5 Å². The molecule has 2 rings (SSSR count). The van der Waals surface area contributed by atoms with Crippen molar-refractivity contribution in [2.75, 3.05) is 21.1 Å². The zero-order chi connectivity index (χ0) is 14.4. The first kappa shape index (κ1) is 14.0. The SMILES string of the molecule is CN(Cn1ccnn1)C(OCc1ccccc1)=[N+](C)C. The van der Waals surface area contributed by atoms with Crippen LogP contribution in [0.3, 0.4) is 0 Å². The zero-order valence-electron chi connectivity index (χ0n) is 12.1. The van der Waals surface area contributed by atoms with E-state index in [1.54, 1.807) is 10.9 Å². The number of hydrogen-bond donors (Lipinski definition) is 0. The molecule has 0 aliphatic carbocycles. The molecule has 0 aliphatic heterocycles. The van der Waals surface area contributed by atoms with Crippen LogP contribution in [-0.2, 0) is 18.0 Å². The fraction of sp³-hybridized carbons (Fsp3) is 0.357. The van der Waals surface area contributed by atoms with Gasteiger partial charge in [-0.05, 0) is 5.56 Å². The number of aromatic nitrogens is 3. The van der Waals surface area contributed by atoms with E-state index in [0.29, 0.717) is 13.3 Å². The average Bonchev–Trinajstić information content (AvgIpc) is 2.92. The Balaban J connectivity index is 1.99. The summed E-state index contributed by atoms with van der Waals surface area (Å²) in [7, 11) is 5.87. The molecular weight excluding hydrogens is 254 g/mol. The molecule has 1 aromatic carbocycles. The molecule has 0 atom stereocenters. The molecule has 0 N–H and O–H groups in total. The molecule has 0 amide bonds. The molecule has 2 aromatic rings. The van der Waals surface area contributed by atoms with Crippen molar-refractivity contribution in [3.8, 4) is 0 Å². The largest absolute Gasteiger partial charge is 0.447 e. The highest BCUT2D eigenvalue weighted by atomic mass is 16.5. The van der Waals surface area contributed by atoms with Gasteiger partial charge in [0.25, 0.3) is 0 Å². The van der Waals surface area contributed by atoms with Crippen molar-refractivity contribution < 1.29 is 9.31 Å². The minimum absolute atomic E-state index is 0.538. The lowest BCUT2D eigenvalue weighted by Crippen LogP contribution is -2.36. The van der Waals surface area contributed by atoms with E-state index in [1.807, 2.05) is 67.1 Å². The molecule has 1 aromatic heterocycles. The van der Waals surface area contributed by atoms with Gasteiger partial charge in [0.1, 0.15) is 6.61 Å². The van der Waals surface area contributed by atoms with Crippen LogP contribution >= 0.6 is 0 Å². The third-order valence-electron chi connectivity index (χ3n) is 2.75. The summed E-state index contributed by atoms with van der Waals surface area (Å²) in [6, 6.07) is 10.9. The van der Waals surface area contributed by atoms with Gasteiger partial charge in [-0.15, -0.1) is 5.10 Å². The van der Waals surface area contributed by atoms with Crippen molar-refractivity contribution in [2.24, 2.45) is 0 Å². The maximum absolute atomic E-state index is 5.91. The molecule has 0 saturated carbocycles. The minimum Gasteiger partial charge on any atom is -0.427 e. The van der Waals surface area contributed by atoms with Crippen LogP contribution in [0.4, 0.5) is 0 Å². The number of nitrogens with zero attached hydrogens (tertiary/aromatic N) is 5. The van der Waals surface area contributed by atoms with E-state index >= 15 is 0 Å². The first-order chi connectivity index (χ1) is 9.66. The predicted molar refractivity (Wildman–Crippen MR) is 76.1 cm³/mol. The standard InChI is InChI=1S/C14H20N5O/c1-17(2)14(18(3)12-19-10-9-15-16-19)20-11-13-7-5-4-6-8-13/h4-10H,11-12H2,1-3H3/q+1. The number of rotatable bonds is 4. The fourth-order valence-corrected chi connectivity index (χ4v) is 1.89. The third-order valence-corrected chi connectivity index (χ3v) is 2.75.